The van der Waals surface area contributed by atoms with Crippen molar-refractivity contribution in [3.8, 4) is 0 Å². The number of aromatic nitrogens is 3. The van der Waals surface area contributed by atoms with E-state index in [0.717, 1.165) is 12.8 Å². The lowest BCUT2D eigenvalue weighted by Gasteiger charge is -2.32. The monoisotopic (exact) mass is 357 g/mol. The van der Waals surface area contributed by atoms with Crippen molar-refractivity contribution in [2.24, 2.45) is 5.92 Å². The lowest BCUT2D eigenvalue weighted by Crippen LogP contribution is -2.44. The Labute approximate surface area is 152 Å². The highest BCUT2D eigenvalue weighted by Gasteiger charge is 2.27. The number of aryl methyl sites for hydroxylation is 3. The average molecular weight is 357 g/mol. The zero-order chi connectivity index (χ0) is 18.7. The van der Waals surface area contributed by atoms with E-state index < -0.39 is 0 Å². The maximum Gasteiger partial charge on any atom is 0.276 e. The van der Waals surface area contributed by atoms with Gasteiger partial charge in [-0.3, -0.25) is 9.59 Å². The largest absolute Gasteiger partial charge is 0.448 e. The first-order chi connectivity index (χ1) is 12.5. The summed E-state index contributed by atoms with van der Waals surface area (Å²) in [6.07, 6.45) is 4.61. The predicted octanol–water partition coefficient (Wildman–Crippen LogP) is 1.67. The number of piperidine rings is 1. The van der Waals surface area contributed by atoms with E-state index in [2.05, 4.69) is 20.3 Å². The predicted molar refractivity (Wildman–Crippen MR) is 93.7 cm³/mol. The topological polar surface area (TPSA) is 101 Å². The van der Waals surface area contributed by atoms with E-state index in [1.807, 2.05) is 0 Å². The van der Waals surface area contributed by atoms with Gasteiger partial charge < -0.3 is 14.6 Å². The number of hydrogen-bond acceptors (Lipinski definition) is 6. The Kier molecular flexibility index (Phi) is 5.29. The number of carbonyl (C=O) groups excluding carboxylic acids is 2. The summed E-state index contributed by atoms with van der Waals surface area (Å²) in [5.41, 5.74) is 2.21. The molecule has 26 heavy (non-hydrogen) atoms. The lowest BCUT2D eigenvalue weighted by atomic mass is 9.97. The number of nitrogens with one attached hydrogen (secondary N) is 1. The van der Waals surface area contributed by atoms with Gasteiger partial charge in [-0.25, -0.2) is 15.0 Å². The molecule has 3 rings (SSSR count). The van der Waals surface area contributed by atoms with Crippen LogP contribution in [0.15, 0.2) is 17.1 Å². The third-order valence-electron chi connectivity index (χ3n) is 4.76. The van der Waals surface area contributed by atoms with Gasteiger partial charge in [0.1, 0.15) is 12.1 Å². The van der Waals surface area contributed by atoms with Crippen LogP contribution in [0.4, 0.5) is 0 Å². The molecule has 8 nitrogen and oxygen atoms in total. The second-order valence-corrected chi connectivity index (χ2v) is 6.65. The van der Waals surface area contributed by atoms with Crippen molar-refractivity contribution in [1.29, 1.82) is 0 Å². The Bertz CT molecular complexity index is 797. The van der Waals surface area contributed by atoms with Crippen LogP contribution < -0.4 is 5.32 Å². The normalized spacial score (nSPS) is 17.2. The molecule has 2 aromatic heterocycles. The Morgan fingerprint density at radius 3 is 2.62 bits per heavy atom. The van der Waals surface area contributed by atoms with Gasteiger partial charge in [-0.1, -0.05) is 0 Å². The third-order valence-corrected chi connectivity index (χ3v) is 4.76. The number of rotatable bonds is 4. The van der Waals surface area contributed by atoms with Crippen LogP contribution in [0.1, 0.15) is 50.8 Å². The van der Waals surface area contributed by atoms with Crippen LogP contribution >= 0.6 is 0 Å². The van der Waals surface area contributed by atoms with Crippen molar-refractivity contribution in [2.75, 3.05) is 19.6 Å². The number of hydrogen-bond donors (Lipinski definition) is 1. The van der Waals surface area contributed by atoms with Gasteiger partial charge in [-0.05, 0) is 39.5 Å². The highest BCUT2D eigenvalue weighted by molar-refractivity contribution is 5.96. The van der Waals surface area contributed by atoms with Gasteiger partial charge in [0, 0.05) is 19.6 Å². The number of carbonyl (C=O) groups is 2. The van der Waals surface area contributed by atoms with Crippen molar-refractivity contribution in [3.63, 3.8) is 0 Å². The minimum atomic E-state index is -0.170. The number of likely N-dealkylation sites (tertiary alicyclic amines) is 1. The molecule has 0 spiro atoms. The van der Waals surface area contributed by atoms with E-state index in [1.54, 1.807) is 25.7 Å². The molecule has 1 fully saturated rings. The summed E-state index contributed by atoms with van der Waals surface area (Å²) in [5, 5.41) is 2.96. The molecule has 2 amide bonds. The molecule has 0 bridgehead atoms. The molecular formula is C18H23N5O3. The van der Waals surface area contributed by atoms with Gasteiger partial charge in [0.05, 0.1) is 17.0 Å². The quantitative estimate of drug-likeness (QED) is 0.893. The summed E-state index contributed by atoms with van der Waals surface area (Å²) in [4.78, 5) is 39.0. The Hall–Kier alpha value is -2.77. The first-order valence-electron chi connectivity index (χ1n) is 8.73. The maximum absolute atomic E-state index is 12.6. The standard InChI is InChI=1S/C18H23N5O3/c1-11-15(12(2)21-9-20-11)17(24)19-7-14-5-4-6-23(8-14)18(25)16-13(3)26-10-22-16/h9-10,14H,4-8H2,1-3H3,(H,19,24). The van der Waals surface area contributed by atoms with Crippen LogP contribution in [0.25, 0.3) is 0 Å². The molecular weight excluding hydrogens is 334 g/mol. The molecule has 3 heterocycles. The molecule has 8 heteroatoms. The molecule has 1 unspecified atom stereocenters. The molecule has 1 saturated heterocycles. The van der Waals surface area contributed by atoms with Gasteiger partial charge in [-0.2, -0.15) is 0 Å². The Morgan fingerprint density at radius 1 is 1.23 bits per heavy atom. The molecule has 2 aromatic rings. The second kappa shape index (κ2) is 7.63. The molecule has 1 aliphatic heterocycles. The van der Waals surface area contributed by atoms with E-state index in [1.165, 1.54) is 12.7 Å². The SMILES string of the molecule is Cc1ncnc(C)c1C(=O)NCC1CCCN(C(=O)c2ncoc2C)C1. The van der Waals surface area contributed by atoms with Crippen LogP contribution in [0.2, 0.25) is 0 Å². The first-order valence-corrected chi connectivity index (χ1v) is 8.73. The molecule has 0 saturated carbocycles. The highest BCUT2D eigenvalue weighted by Crippen LogP contribution is 2.19. The molecule has 138 valence electrons. The molecule has 0 aliphatic carbocycles. The van der Waals surface area contributed by atoms with E-state index in [-0.39, 0.29) is 17.7 Å². The number of nitrogens with zero attached hydrogens (tertiary/aromatic N) is 4. The molecule has 1 N–H and O–H groups in total. The van der Waals surface area contributed by atoms with Crippen molar-refractivity contribution in [1.82, 2.24) is 25.2 Å². The zero-order valence-corrected chi connectivity index (χ0v) is 15.3. The maximum atomic E-state index is 12.6. The molecule has 1 aliphatic rings. The van der Waals surface area contributed by atoms with E-state index in [0.29, 0.717) is 48.0 Å². The second-order valence-electron chi connectivity index (χ2n) is 6.65. The van der Waals surface area contributed by atoms with Crippen LogP contribution in [0, 0.1) is 26.7 Å². The fourth-order valence-corrected chi connectivity index (χ4v) is 3.32. The van der Waals surface area contributed by atoms with Crippen molar-refractivity contribution in [3.05, 3.63) is 41.1 Å². The first kappa shape index (κ1) is 18.0. The summed E-state index contributed by atoms with van der Waals surface area (Å²) in [6.45, 7) is 7.12. The summed E-state index contributed by atoms with van der Waals surface area (Å²) in [6, 6.07) is 0. The zero-order valence-electron chi connectivity index (χ0n) is 15.3. The van der Waals surface area contributed by atoms with Crippen molar-refractivity contribution in [2.45, 2.75) is 33.6 Å². The lowest BCUT2D eigenvalue weighted by molar-refractivity contribution is 0.0664. The van der Waals surface area contributed by atoms with Crippen LogP contribution in [-0.4, -0.2) is 51.3 Å². The Morgan fingerprint density at radius 2 is 1.96 bits per heavy atom. The molecule has 0 aromatic carbocycles. The summed E-state index contributed by atoms with van der Waals surface area (Å²) < 4.78 is 5.13. The van der Waals surface area contributed by atoms with Crippen LogP contribution in [0.3, 0.4) is 0 Å². The fraction of sp³-hybridized carbons (Fsp3) is 0.500. The summed E-state index contributed by atoms with van der Waals surface area (Å²) in [7, 11) is 0. The smallest absolute Gasteiger partial charge is 0.276 e. The van der Waals surface area contributed by atoms with Gasteiger partial charge in [0.25, 0.3) is 11.8 Å². The Balaban J connectivity index is 1.60. The van der Waals surface area contributed by atoms with E-state index in [9.17, 15) is 9.59 Å². The number of oxazole rings is 1. The van der Waals surface area contributed by atoms with Crippen LogP contribution in [-0.2, 0) is 0 Å². The van der Waals surface area contributed by atoms with E-state index in [4.69, 9.17) is 4.42 Å². The van der Waals surface area contributed by atoms with Gasteiger partial charge >= 0.3 is 0 Å². The van der Waals surface area contributed by atoms with Crippen LogP contribution in [0.5, 0.6) is 0 Å². The summed E-state index contributed by atoms with van der Waals surface area (Å²) >= 11 is 0. The van der Waals surface area contributed by atoms with Gasteiger partial charge in [-0.15, -0.1) is 0 Å². The van der Waals surface area contributed by atoms with Gasteiger partial charge in [0.2, 0.25) is 0 Å². The minimum absolute atomic E-state index is 0.115. The number of amides is 2. The summed E-state index contributed by atoms with van der Waals surface area (Å²) in [5.74, 6) is 0.446. The van der Waals surface area contributed by atoms with Crippen molar-refractivity contribution >= 4 is 11.8 Å². The average Bonchev–Trinajstić information content (AvgIpc) is 3.05. The fourth-order valence-electron chi connectivity index (χ4n) is 3.32. The molecule has 1 atom stereocenters. The van der Waals surface area contributed by atoms with E-state index >= 15 is 0 Å². The third kappa shape index (κ3) is 3.74. The minimum Gasteiger partial charge on any atom is -0.448 e. The molecule has 0 radical (unpaired) electrons. The van der Waals surface area contributed by atoms with Gasteiger partial charge in [0.15, 0.2) is 12.1 Å². The highest BCUT2D eigenvalue weighted by atomic mass is 16.3. The van der Waals surface area contributed by atoms with Crippen molar-refractivity contribution < 1.29 is 14.0 Å².